The van der Waals surface area contributed by atoms with Crippen molar-refractivity contribution in [2.75, 3.05) is 18.4 Å². The second kappa shape index (κ2) is 11.4. The van der Waals surface area contributed by atoms with Crippen LogP contribution in [0.5, 0.6) is 5.75 Å². The molecule has 184 valence electrons. The summed E-state index contributed by atoms with van der Waals surface area (Å²) in [7, 11) is 0. The number of nitrogens with one attached hydrogen (secondary N) is 2. The number of carbonyl (C=O) groups is 2. The molecule has 5 N–H and O–H groups in total. The predicted octanol–water partition coefficient (Wildman–Crippen LogP) is 4.59. The fourth-order valence-electron chi connectivity index (χ4n) is 3.70. The van der Waals surface area contributed by atoms with Crippen molar-refractivity contribution in [1.29, 1.82) is 5.26 Å². The highest BCUT2D eigenvalue weighted by Gasteiger charge is 2.20. The number of nitrogens with two attached hydrogens (primary N) is 1. The number of amides is 2. The minimum Gasteiger partial charge on any atom is -0.507 e. The molecular formula is C28H22ClN5O3. The van der Waals surface area contributed by atoms with E-state index < -0.39 is 5.91 Å². The van der Waals surface area contributed by atoms with Gasteiger partial charge in [-0.15, -0.1) is 0 Å². The first kappa shape index (κ1) is 25.4. The first-order valence-electron chi connectivity index (χ1n) is 11.3. The lowest BCUT2D eigenvalue weighted by Crippen LogP contribution is -2.28. The van der Waals surface area contributed by atoms with Crippen molar-refractivity contribution < 1.29 is 14.7 Å². The molecule has 0 saturated heterocycles. The third-order valence-electron chi connectivity index (χ3n) is 5.52. The van der Waals surface area contributed by atoms with Crippen LogP contribution in [0.4, 0.5) is 5.82 Å². The molecule has 4 rings (SSSR count). The van der Waals surface area contributed by atoms with Crippen LogP contribution in [0.25, 0.3) is 22.4 Å². The number of nitrogens with zero attached hydrogens (tertiary/aromatic N) is 2. The highest BCUT2D eigenvalue weighted by Crippen LogP contribution is 2.35. The molecule has 0 unspecified atom stereocenters. The van der Waals surface area contributed by atoms with Crippen LogP contribution in [0, 0.1) is 11.3 Å². The van der Waals surface area contributed by atoms with E-state index in [1.54, 1.807) is 72.8 Å². The minimum atomic E-state index is -0.490. The molecule has 0 bridgehead atoms. The van der Waals surface area contributed by atoms with Gasteiger partial charge in [-0.2, -0.15) is 5.26 Å². The van der Waals surface area contributed by atoms with Crippen LogP contribution >= 0.6 is 11.6 Å². The number of benzene rings is 3. The van der Waals surface area contributed by atoms with Crippen LogP contribution < -0.4 is 16.4 Å². The molecule has 0 saturated carbocycles. The summed E-state index contributed by atoms with van der Waals surface area (Å²) in [6.45, 7) is 0.620. The zero-order valence-electron chi connectivity index (χ0n) is 19.5. The number of para-hydroxylation sites is 1. The Morgan fingerprint density at radius 1 is 0.946 bits per heavy atom. The summed E-state index contributed by atoms with van der Waals surface area (Å²) in [5, 5.41) is 26.5. The minimum absolute atomic E-state index is 0.0104. The molecule has 0 atom stereocenters. The van der Waals surface area contributed by atoms with Gasteiger partial charge in [-0.1, -0.05) is 35.9 Å². The zero-order valence-corrected chi connectivity index (χ0v) is 20.3. The van der Waals surface area contributed by atoms with Crippen LogP contribution in [0.2, 0.25) is 5.02 Å². The van der Waals surface area contributed by atoms with Crippen LogP contribution in [0.3, 0.4) is 0 Å². The molecule has 0 radical (unpaired) electrons. The standard InChI is InChI=1S/C28H22ClN5O3/c29-20-10-8-17(9-11-20)28(37)34-26-23(16-31)22(15-24(33-26)21-6-1-2-7-25(21)35)18-4-3-5-19(14-18)27(36)32-13-12-30/h1-11,14-15,35H,12-13,30H2,(H,32,36)(H,33,34,37). The van der Waals surface area contributed by atoms with Gasteiger partial charge in [0, 0.05) is 40.4 Å². The summed E-state index contributed by atoms with van der Waals surface area (Å²) in [4.78, 5) is 30.0. The van der Waals surface area contributed by atoms with Crippen molar-refractivity contribution in [3.8, 4) is 34.2 Å². The third-order valence-corrected chi connectivity index (χ3v) is 5.77. The fourth-order valence-corrected chi connectivity index (χ4v) is 3.83. The van der Waals surface area contributed by atoms with E-state index in [1.165, 1.54) is 6.07 Å². The maximum Gasteiger partial charge on any atom is 0.256 e. The van der Waals surface area contributed by atoms with Crippen molar-refractivity contribution in [3.05, 3.63) is 101 Å². The number of carbonyl (C=O) groups excluding carboxylic acids is 2. The lowest BCUT2D eigenvalue weighted by Gasteiger charge is -2.15. The molecule has 1 aromatic heterocycles. The number of rotatable bonds is 7. The number of hydrogen-bond acceptors (Lipinski definition) is 6. The van der Waals surface area contributed by atoms with E-state index in [1.807, 2.05) is 0 Å². The smallest absolute Gasteiger partial charge is 0.256 e. The molecule has 0 aliphatic rings. The Hall–Kier alpha value is -4.71. The summed E-state index contributed by atoms with van der Waals surface area (Å²) in [5.74, 6) is -0.806. The molecule has 4 aromatic rings. The van der Waals surface area contributed by atoms with Gasteiger partial charge in [0.1, 0.15) is 17.4 Å². The third kappa shape index (κ3) is 5.76. The number of hydrogen-bond donors (Lipinski definition) is 4. The average molecular weight is 512 g/mol. The monoisotopic (exact) mass is 511 g/mol. The maximum atomic E-state index is 13.0. The number of nitriles is 1. The lowest BCUT2D eigenvalue weighted by molar-refractivity contribution is 0.0954. The zero-order chi connectivity index (χ0) is 26.4. The van der Waals surface area contributed by atoms with E-state index in [0.717, 1.165) is 0 Å². The largest absolute Gasteiger partial charge is 0.507 e. The topological polar surface area (TPSA) is 141 Å². The Labute approximate surface area is 218 Å². The van der Waals surface area contributed by atoms with Gasteiger partial charge in [0.15, 0.2) is 5.82 Å². The van der Waals surface area contributed by atoms with Gasteiger partial charge in [-0.25, -0.2) is 4.98 Å². The number of aromatic hydroxyl groups is 1. The Bertz CT molecular complexity index is 1510. The van der Waals surface area contributed by atoms with E-state index in [4.69, 9.17) is 17.3 Å². The fraction of sp³-hybridized carbons (Fsp3) is 0.0714. The number of halogens is 1. The first-order valence-corrected chi connectivity index (χ1v) is 11.7. The van der Waals surface area contributed by atoms with Crippen molar-refractivity contribution >= 4 is 29.2 Å². The summed E-state index contributed by atoms with van der Waals surface area (Å²) in [6, 6.07) is 23.4. The Balaban J connectivity index is 1.86. The van der Waals surface area contributed by atoms with Gasteiger partial charge in [-0.05, 0) is 60.2 Å². The molecule has 3 aromatic carbocycles. The highest BCUT2D eigenvalue weighted by molar-refractivity contribution is 6.30. The molecule has 0 aliphatic carbocycles. The Morgan fingerprint density at radius 3 is 2.41 bits per heavy atom. The normalized spacial score (nSPS) is 10.4. The Morgan fingerprint density at radius 2 is 1.70 bits per heavy atom. The highest BCUT2D eigenvalue weighted by atomic mass is 35.5. The van der Waals surface area contributed by atoms with Gasteiger partial charge >= 0.3 is 0 Å². The van der Waals surface area contributed by atoms with Crippen molar-refractivity contribution in [1.82, 2.24) is 10.3 Å². The molecular weight excluding hydrogens is 490 g/mol. The predicted molar refractivity (Wildman–Crippen MR) is 142 cm³/mol. The van der Waals surface area contributed by atoms with E-state index >= 15 is 0 Å². The van der Waals surface area contributed by atoms with Crippen molar-refractivity contribution in [2.24, 2.45) is 5.73 Å². The summed E-state index contributed by atoms with van der Waals surface area (Å²) in [6.07, 6.45) is 0. The van der Waals surface area contributed by atoms with Gasteiger partial charge < -0.3 is 21.5 Å². The number of anilines is 1. The quantitative estimate of drug-likeness (QED) is 0.286. The van der Waals surface area contributed by atoms with Crippen molar-refractivity contribution in [2.45, 2.75) is 0 Å². The summed E-state index contributed by atoms with van der Waals surface area (Å²) < 4.78 is 0. The number of phenols is 1. The second-order valence-electron chi connectivity index (χ2n) is 7.99. The van der Waals surface area contributed by atoms with Gasteiger partial charge in [0.25, 0.3) is 11.8 Å². The number of aromatic nitrogens is 1. The SMILES string of the molecule is N#Cc1c(-c2cccc(C(=O)NCCN)c2)cc(-c2ccccc2O)nc1NC(=O)c1ccc(Cl)cc1. The molecule has 1 heterocycles. The lowest BCUT2D eigenvalue weighted by atomic mass is 9.96. The van der Waals surface area contributed by atoms with Gasteiger partial charge in [0.2, 0.25) is 0 Å². The second-order valence-corrected chi connectivity index (χ2v) is 8.43. The molecule has 37 heavy (non-hydrogen) atoms. The van der Waals surface area contributed by atoms with Crippen LogP contribution in [0.1, 0.15) is 26.3 Å². The summed E-state index contributed by atoms with van der Waals surface area (Å²) >= 11 is 5.93. The summed E-state index contributed by atoms with van der Waals surface area (Å²) in [5.41, 5.74) is 8.00. The first-order chi connectivity index (χ1) is 17.9. The number of pyridine rings is 1. The number of phenolic OH excluding ortho intramolecular Hbond substituents is 1. The molecule has 9 heteroatoms. The van der Waals surface area contributed by atoms with Crippen LogP contribution in [-0.2, 0) is 0 Å². The van der Waals surface area contributed by atoms with Crippen LogP contribution in [0.15, 0.2) is 78.9 Å². The van der Waals surface area contributed by atoms with Crippen LogP contribution in [-0.4, -0.2) is 35.0 Å². The Kier molecular flexibility index (Phi) is 7.79. The van der Waals surface area contributed by atoms with Gasteiger partial charge in [0.05, 0.1) is 5.69 Å². The molecule has 0 spiro atoms. The van der Waals surface area contributed by atoms with E-state index in [9.17, 15) is 20.0 Å². The van der Waals surface area contributed by atoms with E-state index in [-0.39, 0.29) is 23.0 Å². The molecule has 0 aliphatic heterocycles. The maximum absolute atomic E-state index is 13.0. The molecule has 2 amide bonds. The van der Waals surface area contributed by atoms with Gasteiger partial charge in [-0.3, -0.25) is 9.59 Å². The van der Waals surface area contributed by atoms with E-state index in [0.29, 0.717) is 51.6 Å². The molecule has 0 fully saturated rings. The van der Waals surface area contributed by atoms with Crippen molar-refractivity contribution in [3.63, 3.8) is 0 Å². The molecule has 8 nitrogen and oxygen atoms in total. The average Bonchev–Trinajstić information content (AvgIpc) is 2.92. The van der Waals surface area contributed by atoms with E-state index in [2.05, 4.69) is 21.7 Å².